The van der Waals surface area contributed by atoms with Gasteiger partial charge in [-0.1, -0.05) is 94.9 Å². The SMILES string of the molecule is CCSP1(=O)C(c2ccccc2)=CN(c2ccccc2)N=C1c1ccc(Br)cc1. The van der Waals surface area contributed by atoms with Crippen molar-refractivity contribution >= 4 is 50.1 Å². The van der Waals surface area contributed by atoms with E-state index < -0.39 is 6.34 Å². The Kier molecular flexibility index (Phi) is 6.09. The number of para-hydroxylation sites is 1. The van der Waals surface area contributed by atoms with Crippen molar-refractivity contribution in [3.63, 3.8) is 0 Å². The number of halogens is 1. The molecule has 0 amide bonds. The molecule has 0 N–H and O–H groups in total. The van der Waals surface area contributed by atoms with E-state index in [4.69, 9.17) is 5.10 Å². The molecule has 0 spiro atoms. The second-order valence-corrected chi connectivity index (χ2v) is 12.5. The maximum absolute atomic E-state index is 14.5. The van der Waals surface area contributed by atoms with Crippen LogP contribution in [0, 0.1) is 0 Å². The Labute approximate surface area is 183 Å². The highest BCUT2D eigenvalue weighted by Crippen LogP contribution is 2.71. The minimum atomic E-state index is -2.98. The molecule has 0 radical (unpaired) electrons. The summed E-state index contributed by atoms with van der Waals surface area (Å²) in [5.41, 5.74) is 3.40. The van der Waals surface area contributed by atoms with E-state index in [-0.39, 0.29) is 0 Å². The van der Waals surface area contributed by atoms with Gasteiger partial charge in [0.25, 0.3) is 0 Å². The van der Waals surface area contributed by atoms with Crippen LogP contribution >= 0.6 is 33.7 Å². The van der Waals surface area contributed by atoms with Crippen LogP contribution in [-0.4, -0.2) is 11.2 Å². The second-order valence-electron chi connectivity index (χ2n) is 6.46. The molecule has 1 atom stereocenters. The van der Waals surface area contributed by atoms with Crippen LogP contribution in [0.3, 0.4) is 0 Å². The Morgan fingerprint density at radius 3 is 2.14 bits per heavy atom. The summed E-state index contributed by atoms with van der Waals surface area (Å²) in [4.78, 5) is 0. The van der Waals surface area contributed by atoms with E-state index in [1.54, 1.807) is 0 Å². The lowest BCUT2D eigenvalue weighted by Gasteiger charge is -2.30. The highest BCUT2D eigenvalue weighted by atomic mass is 79.9. The molecule has 3 aromatic carbocycles. The first-order valence-corrected chi connectivity index (χ1v) is 13.4. The monoisotopic (exact) mass is 482 g/mol. The second kappa shape index (κ2) is 8.74. The van der Waals surface area contributed by atoms with Gasteiger partial charge in [-0.3, -0.25) is 0 Å². The van der Waals surface area contributed by atoms with Crippen LogP contribution in [0.25, 0.3) is 5.31 Å². The fraction of sp³-hybridized carbons (Fsp3) is 0.0870. The summed E-state index contributed by atoms with van der Waals surface area (Å²) in [7, 11) is 0. The smallest absolute Gasteiger partial charge is 0.217 e. The summed E-state index contributed by atoms with van der Waals surface area (Å²) >= 11 is 4.97. The maximum Gasteiger partial charge on any atom is 0.217 e. The highest BCUT2D eigenvalue weighted by Gasteiger charge is 2.39. The molecule has 1 heterocycles. The summed E-state index contributed by atoms with van der Waals surface area (Å²) in [5, 5.41) is 7.53. The van der Waals surface area contributed by atoms with Gasteiger partial charge in [0.1, 0.15) is 5.45 Å². The van der Waals surface area contributed by atoms with E-state index in [0.717, 1.165) is 32.4 Å². The summed E-state index contributed by atoms with van der Waals surface area (Å²) in [6, 6.07) is 27.8. The predicted octanol–water partition coefficient (Wildman–Crippen LogP) is 7.66. The van der Waals surface area contributed by atoms with Crippen LogP contribution in [0.1, 0.15) is 18.1 Å². The van der Waals surface area contributed by atoms with Crippen LogP contribution in [-0.2, 0) is 4.57 Å². The van der Waals surface area contributed by atoms with Crippen molar-refractivity contribution in [1.29, 1.82) is 0 Å². The van der Waals surface area contributed by atoms with Crippen LogP contribution in [0.2, 0.25) is 0 Å². The normalized spacial score (nSPS) is 18.9. The van der Waals surface area contributed by atoms with Crippen molar-refractivity contribution < 1.29 is 4.57 Å². The number of nitrogens with zero attached hydrogens (tertiary/aromatic N) is 2. The van der Waals surface area contributed by atoms with Crippen LogP contribution < -0.4 is 5.01 Å². The van der Waals surface area contributed by atoms with E-state index in [2.05, 4.69) is 15.9 Å². The summed E-state index contributed by atoms with van der Waals surface area (Å²) in [6.07, 6.45) is -1.05. The zero-order valence-corrected chi connectivity index (χ0v) is 19.2. The molecule has 0 fully saturated rings. The molecule has 146 valence electrons. The van der Waals surface area contributed by atoms with Crippen molar-refractivity contribution in [2.75, 3.05) is 10.8 Å². The van der Waals surface area contributed by atoms with Crippen molar-refractivity contribution in [3.8, 4) is 0 Å². The fourth-order valence-electron chi connectivity index (χ4n) is 3.20. The van der Waals surface area contributed by atoms with Crippen LogP contribution in [0.4, 0.5) is 5.69 Å². The van der Waals surface area contributed by atoms with E-state index in [0.29, 0.717) is 5.45 Å². The van der Waals surface area contributed by atoms with E-state index in [1.165, 1.54) is 11.4 Å². The molecule has 1 unspecified atom stereocenters. The minimum Gasteiger partial charge on any atom is -0.300 e. The summed E-state index contributed by atoms with van der Waals surface area (Å²) in [6.45, 7) is 2.04. The Bertz CT molecular complexity index is 1100. The topological polar surface area (TPSA) is 32.7 Å². The molecular weight excluding hydrogens is 463 g/mol. The number of rotatable bonds is 5. The number of benzene rings is 3. The molecule has 6 heteroatoms. The first kappa shape index (κ1) is 20.2. The molecule has 0 aliphatic carbocycles. The van der Waals surface area contributed by atoms with E-state index in [1.807, 2.05) is 103 Å². The van der Waals surface area contributed by atoms with Crippen molar-refractivity contribution in [3.05, 3.63) is 107 Å². The van der Waals surface area contributed by atoms with Crippen molar-refractivity contribution in [2.45, 2.75) is 6.92 Å². The Morgan fingerprint density at radius 2 is 1.52 bits per heavy atom. The molecule has 4 rings (SSSR count). The third-order valence-electron chi connectivity index (χ3n) is 4.55. The molecule has 29 heavy (non-hydrogen) atoms. The molecule has 1 aliphatic heterocycles. The summed E-state index contributed by atoms with van der Waals surface area (Å²) in [5.74, 6) is 0.738. The number of anilines is 1. The number of hydrazone groups is 1. The fourth-order valence-corrected chi connectivity index (χ4v) is 8.53. The van der Waals surface area contributed by atoms with Gasteiger partial charge in [-0.05, 0) is 35.6 Å². The molecular formula is C23H20BrN2OPS. The Balaban J connectivity index is 1.94. The zero-order chi connectivity index (χ0) is 20.3. The average molecular weight is 483 g/mol. The molecule has 1 aliphatic rings. The van der Waals surface area contributed by atoms with Gasteiger partial charge in [0.05, 0.1) is 11.0 Å². The molecule has 0 saturated heterocycles. The molecule has 3 aromatic rings. The van der Waals surface area contributed by atoms with E-state index in [9.17, 15) is 4.57 Å². The third-order valence-corrected chi connectivity index (χ3v) is 10.6. The highest BCUT2D eigenvalue weighted by molar-refractivity contribution is 9.10. The molecule has 0 bridgehead atoms. The van der Waals surface area contributed by atoms with Gasteiger partial charge < -0.3 is 4.57 Å². The lowest BCUT2D eigenvalue weighted by atomic mass is 10.2. The standard InChI is InChI=1S/C23H20BrN2OPS/c1-2-29-28(27)22(18-9-5-3-6-10-18)17-26(21-11-7-4-8-12-21)25-23(28)19-13-15-20(24)16-14-19/h3-17H,2H2,1H3. The van der Waals surface area contributed by atoms with Gasteiger partial charge in [-0.15, -0.1) is 0 Å². The Morgan fingerprint density at radius 1 is 0.897 bits per heavy atom. The number of hydrogen-bond donors (Lipinski definition) is 0. The predicted molar refractivity (Wildman–Crippen MR) is 130 cm³/mol. The van der Waals surface area contributed by atoms with Crippen LogP contribution in [0.5, 0.6) is 0 Å². The lowest BCUT2D eigenvalue weighted by Crippen LogP contribution is -2.19. The first-order valence-electron chi connectivity index (χ1n) is 9.33. The average Bonchev–Trinajstić information content (AvgIpc) is 2.76. The van der Waals surface area contributed by atoms with Crippen molar-refractivity contribution in [2.24, 2.45) is 5.10 Å². The van der Waals surface area contributed by atoms with Crippen LogP contribution in [0.15, 0.2) is 101 Å². The van der Waals surface area contributed by atoms with E-state index >= 15 is 0 Å². The third kappa shape index (κ3) is 4.13. The minimum absolute atomic E-state index is 0.627. The van der Waals surface area contributed by atoms with Gasteiger partial charge >= 0.3 is 0 Å². The van der Waals surface area contributed by atoms with Gasteiger partial charge in [-0.25, -0.2) is 5.01 Å². The molecule has 0 saturated carbocycles. The van der Waals surface area contributed by atoms with Gasteiger partial charge in [0.2, 0.25) is 6.34 Å². The van der Waals surface area contributed by atoms with Crippen molar-refractivity contribution in [1.82, 2.24) is 0 Å². The Hall–Kier alpha value is -2.07. The molecule has 3 nitrogen and oxygen atoms in total. The van der Waals surface area contributed by atoms with Gasteiger partial charge in [0.15, 0.2) is 0 Å². The maximum atomic E-state index is 14.5. The number of hydrogen-bond acceptors (Lipinski definition) is 4. The lowest BCUT2D eigenvalue weighted by molar-refractivity contribution is 0.596. The largest absolute Gasteiger partial charge is 0.300 e. The van der Waals surface area contributed by atoms with Gasteiger partial charge in [-0.2, -0.15) is 5.10 Å². The zero-order valence-electron chi connectivity index (χ0n) is 15.9. The quantitative estimate of drug-likeness (QED) is 0.349. The first-order chi connectivity index (χ1) is 14.1. The molecule has 0 aromatic heterocycles. The van der Waals surface area contributed by atoms with Gasteiger partial charge in [0, 0.05) is 16.2 Å². The summed E-state index contributed by atoms with van der Waals surface area (Å²) < 4.78 is 15.5.